The number of carbonyl (C=O) groups is 1. The highest BCUT2D eigenvalue weighted by atomic mass is 16.3. The lowest BCUT2D eigenvalue weighted by Gasteiger charge is -2.20. The van der Waals surface area contributed by atoms with Crippen LogP contribution in [0.1, 0.15) is 53.7 Å². The fourth-order valence-corrected chi connectivity index (χ4v) is 4.17. The third-order valence-electron chi connectivity index (χ3n) is 5.92. The second kappa shape index (κ2) is 7.66. The van der Waals surface area contributed by atoms with E-state index in [2.05, 4.69) is 10.2 Å². The number of aromatic amines is 1. The average Bonchev–Trinajstić information content (AvgIpc) is 3.09. The molecular weight excluding hydrogens is 350 g/mol. The van der Waals surface area contributed by atoms with Gasteiger partial charge in [-0.15, -0.1) is 0 Å². The lowest BCUT2D eigenvalue weighted by atomic mass is 9.85. The van der Waals surface area contributed by atoms with Gasteiger partial charge in [-0.25, -0.2) is 0 Å². The summed E-state index contributed by atoms with van der Waals surface area (Å²) in [5.74, 6) is 0.404. The molecular formula is C23H27N3O2. The number of H-pyrrole nitrogens is 1. The van der Waals surface area contributed by atoms with Gasteiger partial charge in [0.25, 0.3) is 5.91 Å². The molecule has 2 N–H and O–H groups in total. The van der Waals surface area contributed by atoms with Crippen LogP contribution in [-0.2, 0) is 6.42 Å². The minimum absolute atomic E-state index is 0.0238. The Balaban J connectivity index is 1.64. The molecule has 0 radical (unpaired) electrons. The molecule has 0 aliphatic heterocycles. The van der Waals surface area contributed by atoms with Crippen molar-refractivity contribution in [3.05, 3.63) is 53.2 Å². The van der Waals surface area contributed by atoms with Crippen LogP contribution in [0.2, 0.25) is 0 Å². The predicted molar refractivity (Wildman–Crippen MR) is 112 cm³/mol. The van der Waals surface area contributed by atoms with Gasteiger partial charge in [0, 0.05) is 24.2 Å². The van der Waals surface area contributed by atoms with Gasteiger partial charge in [0.05, 0.1) is 16.8 Å². The smallest absolute Gasteiger partial charge is 0.261 e. The summed E-state index contributed by atoms with van der Waals surface area (Å²) in [5, 5.41) is 18.9. The van der Waals surface area contributed by atoms with Gasteiger partial charge in [0.2, 0.25) is 0 Å². The molecule has 28 heavy (non-hydrogen) atoms. The van der Waals surface area contributed by atoms with Crippen molar-refractivity contribution in [2.45, 2.75) is 45.4 Å². The van der Waals surface area contributed by atoms with Crippen molar-refractivity contribution in [3.63, 3.8) is 0 Å². The SMILES string of the molecule is Cc1ccc(N(C)C(=O)c2cc3c(CC4CCCCC4)n[nH]c3cc2O)cc1. The van der Waals surface area contributed by atoms with Crippen molar-refractivity contribution in [2.24, 2.45) is 5.92 Å². The normalized spacial score (nSPS) is 15.1. The number of hydrogen-bond acceptors (Lipinski definition) is 3. The number of phenolic OH excluding ortho intramolecular Hbond substituents is 1. The summed E-state index contributed by atoms with van der Waals surface area (Å²) in [7, 11) is 1.73. The summed E-state index contributed by atoms with van der Waals surface area (Å²) in [5.41, 5.74) is 4.01. The summed E-state index contributed by atoms with van der Waals surface area (Å²) in [6, 6.07) is 11.2. The predicted octanol–water partition coefficient (Wildman–Crippen LogP) is 4.98. The van der Waals surface area contributed by atoms with Crippen LogP contribution < -0.4 is 4.90 Å². The molecule has 0 unspecified atom stereocenters. The largest absolute Gasteiger partial charge is 0.507 e. The number of carbonyl (C=O) groups excluding carboxylic acids is 1. The minimum Gasteiger partial charge on any atom is -0.507 e. The maximum Gasteiger partial charge on any atom is 0.261 e. The third kappa shape index (κ3) is 3.61. The topological polar surface area (TPSA) is 69.2 Å². The molecule has 1 heterocycles. The van der Waals surface area contributed by atoms with Crippen molar-refractivity contribution in [3.8, 4) is 5.75 Å². The van der Waals surface area contributed by atoms with Gasteiger partial charge in [-0.1, -0.05) is 49.8 Å². The first-order valence-corrected chi connectivity index (χ1v) is 10.1. The maximum absolute atomic E-state index is 13.1. The van der Waals surface area contributed by atoms with Crippen LogP contribution in [-0.4, -0.2) is 28.3 Å². The average molecular weight is 377 g/mol. The number of amides is 1. The second-order valence-electron chi connectivity index (χ2n) is 7.99. The Morgan fingerprint density at radius 1 is 1.18 bits per heavy atom. The van der Waals surface area contributed by atoms with Crippen LogP contribution >= 0.6 is 0 Å². The van der Waals surface area contributed by atoms with Crippen LogP contribution in [0.3, 0.4) is 0 Å². The van der Waals surface area contributed by atoms with Crippen LogP contribution in [0.15, 0.2) is 36.4 Å². The van der Waals surface area contributed by atoms with E-state index in [4.69, 9.17) is 0 Å². The Bertz CT molecular complexity index is 985. The molecule has 0 saturated heterocycles. The number of phenols is 1. The zero-order valence-corrected chi connectivity index (χ0v) is 16.5. The molecule has 5 nitrogen and oxygen atoms in total. The molecule has 1 saturated carbocycles. The summed E-state index contributed by atoms with van der Waals surface area (Å²) >= 11 is 0. The van der Waals surface area contributed by atoms with Crippen molar-refractivity contribution in [1.29, 1.82) is 0 Å². The van der Waals surface area contributed by atoms with Crippen molar-refractivity contribution in [2.75, 3.05) is 11.9 Å². The highest BCUT2D eigenvalue weighted by Crippen LogP contribution is 2.32. The lowest BCUT2D eigenvalue weighted by molar-refractivity contribution is 0.0990. The van der Waals surface area contributed by atoms with E-state index in [1.165, 1.54) is 32.1 Å². The van der Waals surface area contributed by atoms with E-state index in [9.17, 15) is 9.90 Å². The fourth-order valence-electron chi connectivity index (χ4n) is 4.17. The van der Waals surface area contributed by atoms with Gasteiger partial charge in [0.1, 0.15) is 5.75 Å². The van der Waals surface area contributed by atoms with Crippen LogP contribution in [0.4, 0.5) is 5.69 Å². The molecule has 1 aromatic heterocycles. The van der Waals surface area contributed by atoms with Gasteiger partial charge >= 0.3 is 0 Å². The molecule has 0 spiro atoms. The summed E-state index contributed by atoms with van der Waals surface area (Å²) in [4.78, 5) is 14.6. The van der Waals surface area contributed by atoms with Crippen molar-refractivity contribution >= 4 is 22.5 Å². The monoisotopic (exact) mass is 377 g/mol. The van der Waals surface area contributed by atoms with Crippen molar-refractivity contribution in [1.82, 2.24) is 10.2 Å². The first-order chi connectivity index (χ1) is 13.5. The molecule has 1 amide bonds. The number of benzene rings is 2. The zero-order valence-electron chi connectivity index (χ0n) is 16.5. The van der Waals surface area contributed by atoms with Gasteiger partial charge in [-0.3, -0.25) is 9.89 Å². The Hall–Kier alpha value is -2.82. The fraction of sp³-hybridized carbons (Fsp3) is 0.391. The molecule has 146 valence electrons. The van der Waals surface area contributed by atoms with Gasteiger partial charge in [-0.2, -0.15) is 5.10 Å². The van der Waals surface area contributed by atoms with Gasteiger partial charge < -0.3 is 10.0 Å². The lowest BCUT2D eigenvalue weighted by Crippen LogP contribution is -2.26. The van der Waals surface area contributed by atoms with Crippen LogP contribution in [0.5, 0.6) is 5.75 Å². The standard InChI is InChI=1S/C23H27N3O2/c1-15-8-10-17(11-9-15)26(2)23(28)19-13-18-20(12-16-6-4-3-5-7-16)24-25-21(18)14-22(19)27/h8-11,13-14,16,27H,3-7,12H2,1-2H3,(H,24,25). The molecule has 1 aliphatic carbocycles. The van der Waals surface area contributed by atoms with E-state index < -0.39 is 0 Å². The number of hydrogen-bond donors (Lipinski definition) is 2. The summed E-state index contributed by atoms with van der Waals surface area (Å²) in [6.45, 7) is 2.01. The Morgan fingerprint density at radius 2 is 1.89 bits per heavy atom. The number of nitrogens with zero attached hydrogens (tertiary/aromatic N) is 2. The summed E-state index contributed by atoms with van der Waals surface area (Å²) < 4.78 is 0. The highest BCUT2D eigenvalue weighted by molar-refractivity contribution is 6.09. The van der Waals surface area contributed by atoms with E-state index in [-0.39, 0.29) is 11.7 Å². The third-order valence-corrected chi connectivity index (χ3v) is 5.92. The molecule has 1 fully saturated rings. The second-order valence-corrected chi connectivity index (χ2v) is 7.99. The maximum atomic E-state index is 13.1. The van der Waals surface area contributed by atoms with E-state index in [1.807, 2.05) is 31.2 Å². The number of aryl methyl sites for hydroxylation is 1. The van der Waals surface area contributed by atoms with E-state index in [1.54, 1.807) is 24.1 Å². The number of aromatic hydroxyl groups is 1. The first kappa shape index (κ1) is 18.5. The van der Waals surface area contributed by atoms with Gasteiger partial charge in [0.15, 0.2) is 0 Å². The Kier molecular flexibility index (Phi) is 5.07. The highest BCUT2D eigenvalue weighted by Gasteiger charge is 2.22. The number of anilines is 1. The van der Waals surface area contributed by atoms with E-state index in [0.29, 0.717) is 11.5 Å². The van der Waals surface area contributed by atoms with Crippen molar-refractivity contribution < 1.29 is 9.90 Å². The van der Waals surface area contributed by atoms with Crippen LogP contribution in [0.25, 0.3) is 10.9 Å². The van der Waals surface area contributed by atoms with Crippen LogP contribution in [0, 0.1) is 12.8 Å². The molecule has 5 heteroatoms. The number of rotatable bonds is 4. The molecule has 4 rings (SSSR count). The number of fused-ring (bicyclic) bond motifs is 1. The summed E-state index contributed by atoms with van der Waals surface area (Å²) in [6.07, 6.45) is 7.32. The molecule has 2 aromatic carbocycles. The Labute approximate surface area is 165 Å². The van der Waals surface area contributed by atoms with E-state index in [0.717, 1.165) is 34.3 Å². The zero-order chi connectivity index (χ0) is 19.7. The Morgan fingerprint density at radius 3 is 2.61 bits per heavy atom. The molecule has 0 bridgehead atoms. The van der Waals surface area contributed by atoms with E-state index >= 15 is 0 Å². The first-order valence-electron chi connectivity index (χ1n) is 10.1. The molecule has 3 aromatic rings. The number of aromatic nitrogens is 2. The quantitative estimate of drug-likeness (QED) is 0.674. The number of nitrogens with one attached hydrogen (secondary N) is 1. The minimum atomic E-state index is -0.229. The molecule has 0 atom stereocenters. The van der Waals surface area contributed by atoms with Gasteiger partial charge in [-0.05, 0) is 37.5 Å². The molecule has 1 aliphatic rings.